The Kier molecular flexibility index (Phi) is 7.06. The van der Waals surface area contributed by atoms with Crippen LogP contribution >= 0.6 is 0 Å². The first-order valence-corrected chi connectivity index (χ1v) is 14.0. The molecule has 0 aromatic carbocycles. The molecule has 2 aromatic heterocycles. The van der Waals surface area contributed by atoms with Crippen LogP contribution in [0.5, 0.6) is 0 Å². The summed E-state index contributed by atoms with van der Waals surface area (Å²) in [4.78, 5) is 17.7. The van der Waals surface area contributed by atoms with E-state index in [1.54, 1.807) is 6.92 Å². The molecule has 1 saturated carbocycles. The molecule has 12 heteroatoms. The van der Waals surface area contributed by atoms with Crippen molar-refractivity contribution in [1.29, 1.82) is 0 Å². The summed E-state index contributed by atoms with van der Waals surface area (Å²) in [5, 5.41) is 0. The summed E-state index contributed by atoms with van der Waals surface area (Å²) in [5.74, 6) is 0.317. The van der Waals surface area contributed by atoms with Gasteiger partial charge in [-0.25, -0.2) is 20.0 Å². The Labute approximate surface area is 225 Å². The van der Waals surface area contributed by atoms with Crippen LogP contribution in [0.15, 0.2) is 23.3 Å². The molecule has 1 aliphatic carbocycles. The van der Waals surface area contributed by atoms with Gasteiger partial charge in [-0.15, -0.1) is 0 Å². The van der Waals surface area contributed by atoms with Gasteiger partial charge in [-0.2, -0.15) is 13.2 Å². The van der Waals surface area contributed by atoms with Crippen molar-refractivity contribution in [2.75, 3.05) is 40.0 Å². The number of fused-ring (bicyclic) bond motifs is 1. The first-order chi connectivity index (χ1) is 18.6. The lowest BCUT2D eigenvalue weighted by Crippen LogP contribution is -2.54. The standard InChI is InChI=1S/C27H38F4N6O2/c1-17(35-7-6-20(28)12-35)18-8-22(27(29,30)31)23-13-36(25(38)37(23)11-18)21-5-3-4-19(9-21)26(14-39-15-26)10-24-33-32-16-34(24)2/h8,11,13,17,19-21,24,32-33H,3-7,9-10,12,14-16H2,1-2H3/t17-,19?,20+,21?,24?/m1/s1. The SMILES string of the molecule is C[C@H](c1cc(C(F)(F)F)c2cn(C3CCCC(C4(CC5NNCN5C)COC4)C3)c(=O)n2c1)N1CC[C@H](F)C1. The zero-order valence-electron chi connectivity index (χ0n) is 22.5. The van der Waals surface area contributed by atoms with Gasteiger partial charge in [-0.05, 0) is 63.6 Å². The third-order valence-electron chi connectivity index (χ3n) is 9.72. The van der Waals surface area contributed by atoms with Crippen molar-refractivity contribution in [3.8, 4) is 0 Å². The number of hydrazine groups is 1. The molecule has 39 heavy (non-hydrogen) atoms. The Bertz CT molecular complexity index is 1260. The van der Waals surface area contributed by atoms with Crippen molar-refractivity contribution in [3.05, 3.63) is 40.1 Å². The maximum atomic E-state index is 14.3. The molecule has 2 N–H and O–H groups in total. The van der Waals surface area contributed by atoms with Crippen molar-refractivity contribution >= 4 is 5.52 Å². The van der Waals surface area contributed by atoms with E-state index in [1.165, 1.54) is 17.0 Å². The van der Waals surface area contributed by atoms with Gasteiger partial charge in [0.25, 0.3) is 0 Å². The van der Waals surface area contributed by atoms with Gasteiger partial charge < -0.3 is 4.74 Å². The van der Waals surface area contributed by atoms with Gasteiger partial charge in [-0.1, -0.05) is 6.42 Å². The van der Waals surface area contributed by atoms with E-state index in [-0.39, 0.29) is 29.7 Å². The first-order valence-electron chi connectivity index (χ1n) is 14.0. The summed E-state index contributed by atoms with van der Waals surface area (Å²) < 4.78 is 65.0. The molecule has 2 aromatic rings. The summed E-state index contributed by atoms with van der Waals surface area (Å²) in [6, 6.07) is 0.536. The smallest absolute Gasteiger partial charge is 0.380 e. The molecule has 216 valence electrons. The normalized spacial score (nSPS) is 31.1. The number of pyridine rings is 1. The Morgan fingerprint density at radius 2 is 2.00 bits per heavy atom. The van der Waals surface area contributed by atoms with Crippen LogP contribution in [-0.4, -0.2) is 71.1 Å². The van der Waals surface area contributed by atoms with E-state index in [9.17, 15) is 22.4 Å². The van der Waals surface area contributed by atoms with Crippen LogP contribution in [0.3, 0.4) is 0 Å². The molecule has 0 amide bonds. The predicted octanol–water partition coefficient (Wildman–Crippen LogP) is 3.69. The van der Waals surface area contributed by atoms with E-state index in [0.29, 0.717) is 37.7 Å². The van der Waals surface area contributed by atoms with Crippen molar-refractivity contribution in [1.82, 2.24) is 29.6 Å². The zero-order valence-corrected chi connectivity index (χ0v) is 22.5. The van der Waals surface area contributed by atoms with E-state index in [0.717, 1.165) is 49.2 Å². The molecule has 5 heterocycles. The third-order valence-corrected chi connectivity index (χ3v) is 9.72. The number of likely N-dealkylation sites (tertiary alicyclic amines) is 1. The minimum absolute atomic E-state index is 0.0108. The molecule has 0 spiro atoms. The highest BCUT2D eigenvalue weighted by Gasteiger charge is 2.49. The first kappa shape index (κ1) is 27.2. The summed E-state index contributed by atoms with van der Waals surface area (Å²) >= 11 is 0. The molecule has 5 atom stereocenters. The number of ether oxygens (including phenoxy) is 1. The molecule has 8 nitrogen and oxygen atoms in total. The van der Waals surface area contributed by atoms with Crippen molar-refractivity contribution in [2.24, 2.45) is 11.3 Å². The van der Waals surface area contributed by atoms with Gasteiger partial charge in [-0.3, -0.25) is 18.8 Å². The van der Waals surface area contributed by atoms with Crippen LogP contribution in [0.4, 0.5) is 17.6 Å². The molecule has 3 aliphatic heterocycles. The quantitative estimate of drug-likeness (QED) is 0.532. The van der Waals surface area contributed by atoms with Crippen LogP contribution in [0, 0.1) is 11.3 Å². The lowest BCUT2D eigenvalue weighted by molar-refractivity contribution is -0.167. The Morgan fingerprint density at radius 3 is 2.62 bits per heavy atom. The minimum atomic E-state index is -4.62. The number of halogens is 4. The maximum absolute atomic E-state index is 14.3. The van der Waals surface area contributed by atoms with Gasteiger partial charge >= 0.3 is 11.9 Å². The highest BCUT2D eigenvalue weighted by atomic mass is 19.4. The molecule has 0 radical (unpaired) electrons. The molecule has 4 aliphatic rings. The average molecular weight is 555 g/mol. The molecule has 4 fully saturated rings. The monoisotopic (exact) mass is 554 g/mol. The Hall–Kier alpha value is -1.99. The van der Waals surface area contributed by atoms with Crippen molar-refractivity contribution in [2.45, 2.75) is 76.0 Å². The fourth-order valence-electron chi connectivity index (χ4n) is 7.21. The van der Waals surface area contributed by atoms with Gasteiger partial charge in [0.2, 0.25) is 0 Å². The summed E-state index contributed by atoms with van der Waals surface area (Å²) in [6.45, 7) is 4.54. The second-order valence-corrected chi connectivity index (χ2v) is 12.1. The van der Waals surface area contributed by atoms with Gasteiger partial charge in [0.1, 0.15) is 6.17 Å². The number of nitrogens with zero attached hydrogens (tertiary/aromatic N) is 4. The van der Waals surface area contributed by atoms with Crippen LogP contribution < -0.4 is 16.5 Å². The number of hydrogen-bond donors (Lipinski definition) is 2. The number of alkyl halides is 4. The van der Waals surface area contributed by atoms with Crippen LogP contribution in [0.1, 0.15) is 68.7 Å². The largest absolute Gasteiger partial charge is 0.418 e. The Morgan fingerprint density at radius 1 is 1.21 bits per heavy atom. The van der Waals surface area contributed by atoms with Crippen LogP contribution in [0.25, 0.3) is 5.52 Å². The topological polar surface area (TPSA) is 66.2 Å². The van der Waals surface area contributed by atoms with E-state index in [1.807, 2.05) is 4.90 Å². The number of aromatic nitrogens is 2. The lowest BCUT2D eigenvalue weighted by Gasteiger charge is -2.51. The minimum Gasteiger partial charge on any atom is -0.380 e. The highest BCUT2D eigenvalue weighted by molar-refractivity contribution is 5.56. The zero-order chi connectivity index (χ0) is 27.5. The second-order valence-electron chi connectivity index (χ2n) is 12.1. The van der Waals surface area contributed by atoms with Crippen LogP contribution in [0.2, 0.25) is 0 Å². The van der Waals surface area contributed by atoms with E-state index >= 15 is 0 Å². The number of imidazole rings is 1. The van der Waals surface area contributed by atoms with Gasteiger partial charge in [0.05, 0.1) is 37.1 Å². The average Bonchev–Trinajstić information content (AvgIpc) is 3.58. The third kappa shape index (κ3) is 4.92. The van der Waals surface area contributed by atoms with Crippen LogP contribution in [-0.2, 0) is 10.9 Å². The summed E-state index contributed by atoms with van der Waals surface area (Å²) in [5.41, 5.74) is 5.47. The number of hydrogen-bond acceptors (Lipinski definition) is 6. The summed E-state index contributed by atoms with van der Waals surface area (Å²) in [6.07, 6.45) is 2.22. The fraction of sp³-hybridized carbons (Fsp3) is 0.741. The molecular weight excluding hydrogens is 516 g/mol. The number of rotatable bonds is 6. The van der Waals surface area contributed by atoms with Crippen molar-refractivity contribution in [3.63, 3.8) is 0 Å². The summed E-state index contributed by atoms with van der Waals surface area (Å²) in [7, 11) is 2.06. The van der Waals surface area contributed by atoms with E-state index in [2.05, 4.69) is 22.8 Å². The maximum Gasteiger partial charge on any atom is 0.418 e. The fourth-order valence-corrected chi connectivity index (χ4v) is 7.21. The predicted molar refractivity (Wildman–Crippen MR) is 138 cm³/mol. The molecule has 3 unspecified atom stereocenters. The van der Waals surface area contributed by atoms with Crippen molar-refractivity contribution < 1.29 is 22.3 Å². The molecule has 3 saturated heterocycles. The van der Waals surface area contributed by atoms with Gasteiger partial charge in [0.15, 0.2) is 0 Å². The highest BCUT2D eigenvalue weighted by Crippen LogP contribution is 2.49. The van der Waals surface area contributed by atoms with Gasteiger partial charge in [0, 0.05) is 43.0 Å². The molecular formula is C27H38F4N6O2. The molecule has 6 rings (SSSR count). The second kappa shape index (κ2) is 10.1. The molecule has 0 bridgehead atoms. The van der Waals surface area contributed by atoms with E-state index < -0.39 is 29.6 Å². The van der Waals surface area contributed by atoms with E-state index in [4.69, 9.17) is 4.74 Å². The number of nitrogens with one attached hydrogen (secondary N) is 2. The lowest BCUT2D eigenvalue weighted by atomic mass is 9.64. The Balaban J connectivity index is 1.31.